The molecule has 0 saturated carbocycles. The summed E-state index contributed by atoms with van der Waals surface area (Å²) in [6.45, 7) is 2.22. The average molecular weight is 306 g/mol. The first-order chi connectivity index (χ1) is 10.2. The first-order valence-electron chi connectivity index (χ1n) is 6.72. The molecule has 0 atom stereocenters. The van der Waals surface area contributed by atoms with Crippen molar-refractivity contribution >= 4 is 28.1 Å². The molecule has 0 unspecified atom stereocenters. The van der Waals surface area contributed by atoms with Crippen molar-refractivity contribution in [3.63, 3.8) is 0 Å². The van der Waals surface area contributed by atoms with Gasteiger partial charge in [0.05, 0.1) is 19.3 Å². The van der Waals surface area contributed by atoms with Crippen molar-refractivity contribution in [2.75, 3.05) is 24.3 Å². The Hall–Kier alpha value is -2.15. The van der Waals surface area contributed by atoms with Gasteiger partial charge in [-0.25, -0.2) is 0 Å². The van der Waals surface area contributed by atoms with Crippen molar-refractivity contribution in [2.45, 2.75) is 19.8 Å². The van der Waals surface area contributed by atoms with E-state index in [2.05, 4.69) is 27.8 Å². The molecule has 0 radical (unpaired) electrons. The maximum Gasteiger partial charge on any atom is 0.245 e. The van der Waals surface area contributed by atoms with Crippen LogP contribution in [0.1, 0.15) is 18.4 Å². The lowest BCUT2D eigenvalue weighted by Crippen LogP contribution is -2.21. The summed E-state index contributed by atoms with van der Waals surface area (Å²) in [4.78, 5) is 11.9. The molecule has 6 nitrogen and oxygen atoms in total. The minimum absolute atomic E-state index is 0.142. The molecule has 0 aliphatic rings. The lowest BCUT2D eigenvalue weighted by atomic mass is 10.3. The number of ether oxygens (including phenoxy) is 1. The standard InChI is InChI=1S/C14H18N4O2S/c1-3-6-13-17-18-14(21-13)16-12(19)9-15-10-7-4-5-8-11(10)20-2/h4-5,7-8,15H,3,6,9H2,1-2H3,(H,16,18,19). The first kappa shape index (κ1) is 15.2. The molecule has 0 fully saturated rings. The molecule has 1 aromatic heterocycles. The minimum atomic E-state index is -0.167. The summed E-state index contributed by atoms with van der Waals surface area (Å²) < 4.78 is 5.21. The molecule has 1 aromatic carbocycles. The first-order valence-corrected chi connectivity index (χ1v) is 7.53. The fourth-order valence-corrected chi connectivity index (χ4v) is 2.61. The van der Waals surface area contributed by atoms with Gasteiger partial charge in [0.1, 0.15) is 10.8 Å². The monoisotopic (exact) mass is 306 g/mol. The molecule has 2 N–H and O–H groups in total. The molecule has 2 rings (SSSR count). The number of nitrogens with one attached hydrogen (secondary N) is 2. The van der Waals surface area contributed by atoms with Crippen LogP contribution in [0.5, 0.6) is 5.75 Å². The second-order valence-electron chi connectivity index (χ2n) is 4.35. The topological polar surface area (TPSA) is 76.1 Å². The van der Waals surface area contributed by atoms with Crippen molar-refractivity contribution in [1.29, 1.82) is 0 Å². The largest absolute Gasteiger partial charge is 0.495 e. The normalized spacial score (nSPS) is 10.2. The second kappa shape index (κ2) is 7.58. The van der Waals surface area contributed by atoms with Crippen molar-refractivity contribution in [1.82, 2.24) is 10.2 Å². The van der Waals surface area contributed by atoms with Crippen LogP contribution in [0.3, 0.4) is 0 Å². The van der Waals surface area contributed by atoms with Gasteiger partial charge in [-0.3, -0.25) is 10.1 Å². The third kappa shape index (κ3) is 4.42. The maximum absolute atomic E-state index is 11.9. The quantitative estimate of drug-likeness (QED) is 0.822. The summed E-state index contributed by atoms with van der Waals surface area (Å²) in [5.41, 5.74) is 0.777. The van der Waals surface area contributed by atoms with Crippen LogP contribution in [0, 0.1) is 0 Å². The van der Waals surface area contributed by atoms with E-state index in [0.717, 1.165) is 23.5 Å². The van der Waals surface area contributed by atoms with Gasteiger partial charge in [0.15, 0.2) is 0 Å². The Morgan fingerprint density at radius 3 is 2.90 bits per heavy atom. The molecule has 1 heterocycles. The minimum Gasteiger partial charge on any atom is -0.495 e. The van der Waals surface area contributed by atoms with Crippen LogP contribution in [0.25, 0.3) is 0 Å². The van der Waals surface area contributed by atoms with Crippen LogP contribution in [0.4, 0.5) is 10.8 Å². The van der Waals surface area contributed by atoms with Crippen molar-refractivity contribution in [3.8, 4) is 5.75 Å². The van der Waals surface area contributed by atoms with Gasteiger partial charge in [0.2, 0.25) is 11.0 Å². The van der Waals surface area contributed by atoms with E-state index in [-0.39, 0.29) is 12.5 Å². The number of benzene rings is 1. The Kier molecular flexibility index (Phi) is 5.51. The number of anilines is 2. The number of hydrogen-bond acceptors (Lipinski definition) is 6. The molecule has 2 aromatic rings. The summed E-state index contributed by atoms with van der Waals surface area (Å²) in [5.74, 6) is 0.534. The molecule has 0 saturated heterocycles. The summed E-state index contributed by atoms with van der Waals surface area (Å²) in [6.07, 6.45) is 1.89. The number of aromatic nitrogens is 2. The highest BCUT2D eigenvalue weighted by Gasteiger charge is 2.08. The number of rotatable bonds is 7. The molecule has 112 valence electrons. The predicted molar refractivity (Wildman–Crippen MR) is 84.0 cm³/mol. The molecule has 0 aliphatic heterocycles. The Balaban J connectivity index is 1.86. The van der Waals surface area contributed by atoms with Gasteiger partial charge in [0.25, 0.3) is 0 Å². The third-order valence-electron chi connectivity index (χ3n) is 2.72. The van der Waals surface area contributed by atoms with Crippen LogP contribution >= 0.6 is 11.3 Å². The molecule has 21 heavy (non-hydrogen) atoms. The molecule has 0 aliphatic carbocycles. The van der Waals surface area contributed by atoms with E-state index in [9.17, 15) is 4.79 Å². The number of carbonyl (C=O) groups is 1. The van der Waals surface area contributed by atoms with Gasteiger partial charge in [-0.05, 0) is 18.6 Å². The third-order valence-corrected chi connectivity index (χ3v) is 3.62. The van der Waals surface area contributed by atoms with Gasteiger partial charge in [0, 0.05) is 6.42 Å². The van der Waals surface area contributed by atoms with Gasteiger partial charge in [-0.1, -0.05) is 30.4 Å². The van der Waals surface area contributed by atoms with Crippen LogP contribution in [-0.2, 0) is 11.2 Å². The molecular weight excluding hydrogens is 288 g/mol. The number of aryl methyl sites for hydroxylation is 1. The van der Waals surface area contributed by atoms with E-state index in [1.165, 1.54) is 11.3 Å². The Morgan fingerprint density at radius 2 is 2.14 bits per heavy atom. The Labute approximate surface area is 127 Å². The highest BCUT2D eigenvalue weighted by molar-refractivity contribution is 7.15. The van der Waals surface area contributed by atoms with Crippen LogP contribution < -0.4 is 15.4 Å². The number of para-hydroxylation sites is 2. The number of nitrogens with zero attached hydrogens (tertiary/aromatic N) is 2. The van der Waals surface area contributed by atoms with Crippen LogP contribution in [-0.4, -0.2) is 29.8 Å². The van der Waals surface area contributed by atoms with E-state index >= 15 is 0 Å². The zero-order chi connectivity index (χ0) is 15.1. The van der Waals surface area contributed by atoms with E-state index < -0.39 is 0 Å². The highest BCUT2D eigenvalue weighted by Crippen LogP contribution is 2.22. The number of methoxy groups -OCH3 is 1. The fraction of sp³-hybridized carbons (Fsp3) is 0.357. The summed E-state index contributed by atoms with van der Waals surface area (Å²) in [7, 11) is 1.59. The zero-order valence-electron chi connectivity index (χ0n) is 12.0. The molecule has 0 bridgehead atoms. The number of carbonyl (C=O) groups excluding carboxylic acids is 1. The van der Waals surface area contributed by atoms with Gasteiger partial charge in [-0.15, -0.1) is 10.2 Å². The smallest absolute Gasteiger partial charge is 0.245 e. The highest BCUT2D eigenvalue weighted by atomic mass is 32.1. The Morgan fingerprint density at radius 1 is 1.33 bits per heavy atom. The van der Waals surface area contributed by atoms with E-state index in [1.807, 2.05) is 24.3 Å². The molecule has 7 heteroatoms. The van der Waals surface area contributed by atoms with Gasteiger partial charge >= 0.3 is 0 Å². The number of amides is 1. The van der Waals surface area contributed by atoms with E-state index in [1.54, 1.807) is 7.11 Å². The molecule has 0 spiro atoms. The maximum atomic E-state index is 11.9. The molecular formula is C14H18N4O2S. The second-order valence-corrected chi connectivity index (χ2v) is 5.42. The predicted octanol–water partition coefficient (Wildman–Crippen LogP) is 2.55. The van der Waals surface area contributed by atoms with E-state index in [4.69, 9.17) is 4.74 Å². The Bertz CT molecular complexity index is 600. The van der Waals surface area contributed by atoms with Gasteiger partial charge < -0.3 is 10.1 Å². The lowest BCUT2D eigenvalue weighted by Gasteiger charge is -2.10. The SMILES string of the molecule is CCCc1nnc(NC(=O)CNc2ccccc2OC)s1. The fourth-order valence-electron chi connectivity index (χ4n) is 1.75. The van der Waals surface area contributed by atoms with Crippen molar-refractivity contribution in [3.05, 3.63) is 29.3 Å². The summed E-state index contributed by atoms with van der Waals surface area (Å²) >= 11 is 1.41. The van der Waals surface area contributed by atoms with Crippen LogP contribution in [0.15, 0.2) is 24.3 Å². The summed E-state index contributed by atoms with van der Waals surface area (Å²) in [6, 6.07) is 7.45. The average Bonchev–Trinajstić information content (AvgIpc) is 2.93. The number of hydrogen-bond donors (Lipinski definition) is 2. The summed E-state index contributed by atoms with van der Waals surface area (Å²) in [5, 5.41) is 15.2. The van der Waals surface area contributed by atoms with Crippen molar-refractivity contribution < 1.29 is 9.53 Å². The molecule has 1 amide bonds. The van der Waals surface area contributed by atoms with Crippen molar-refractivity contribution in [2.24, 2.45) is 0 Å². The van der Waals surface area contributed by atoms with Crippen LogP contribution in [0.2, 0.25) is 0 Å². The zero-order valence-corrected chi connectivity index (χ0v) is 12.9. The lowest BCUT2D eigenvalue weighted by molar-refractivity contribution is -0.114. The van der Waals surface area contributed by atoms with E-state index in [0.29, 0.717) is 10.9 Å². The van der Waals surface area contributed by atoms with Gasteiger partial charge in [-0.2, -0.15) is 0 Å².